The summed E-state index contributed by atoms with van der Waals surface area (Å²) in [7, 11) is 0. The number of fused-ring (bicyclic) bond motifs is 2. The van der Waals surface area contributed by atoms with Gasteiger partial charge in [-0.3, -0.25) is 4.79 Å². The molecule has 0 radical (unpaired) electrons. The highest BCUT2D eigenvalue weighted by atomic mass is 16.4. The molecule has 3 heteroatoms. The van der Waals surface area contributed by atoms with Gasteiger partial charge in [-0.15, -0.1) is 0 Å². The highest BCUT2D eigenvalue weighted by molar-refractivity contribution is 5.67. The van der Waals surface area contributed by atoms with Gasteiger partial charge in [-0.25, -0.2) is 0 Å². The first-order chi connectivity index (χ1) is 5.74. The van der Waals surface area contributed by atoms with Crippen molar-refractivity contribution in [3.8, 4) is 0 Å². The normalized spacial score (nSPS) is 39.8. The molecule has 2 heterocycles. The average molecular weight is 169 g/mol. The van der Waals surface area contributed by atoms with Crippen molar-refractivity contribution in [1.82, 2.24) is 4.90 Å². The van der Waals surface area contributed by atoms with Gasteiger partial charge in [0.15, 0.2) is 0 Å². The van der Waals surface area contributed by atoms with E-state index in [-0.39, 0.29) is 0 Å². The van der Waals surface area contributed by atoms with Crippen molar-refractivity contribution in [3.63, 3.8) is 0 Å². The van der Waals surface area contributed by atoms with Crippen LogP contribution in [0.1, 0.15) is 19.3 Å². The Morgan fingerprint density at radius 1 is 1.50 bits per heavy atom. The SMILES string of the molecule is O=C(O)CC1CC2CCN(C2)C1. The fourth-order valence-electron chi connectivity index (χ4n) is 2.58. The van der Waals surface area contributed by atoms with Crippen LogP contribution in [0.3, 0.4) is 0 Å². The Morgan fingerprint density at radius 2 is 2.33 bits per heavy atom. The third kappa shape index (κ3) is 1.61. The zero-order chi connectivity index (χ0) is 8.55. The maximum atomic E-state index is 10.5. The molecule has 3 atom stereocenters. The Kier molecular flexibility index (Phi) is 2.05. The van der Waals surface area contributed by atoms with Crippen LogP contribution in [0.2, 0.25) is 0 Å². The molecular formula is C9H15NO2. The van der Waals surface area contributed by atoms with Gasteiger partial charge in [0.2, 0.25) is 0 Å². The summed E-state index contributed by atoms with van der Waals surface area (Å²) in [6.07, 6.45) is 2.80. The number of carboxylic acids is 1. The molecule has 0 aromatic heterocycles. The Morgan fingerprint density at radius 3 is 3.00 bits per heavy atom. The minimum Gasteiger partial charge on any atom is -0.481 e. The van der Waals surface area contributed by atoms with E-state index in [1.165, 1.54) is 19.5 Å². The largest absolute Gasteiger partial charge is 0.481 e. The van der Waals surface area contributed by atoms with Gasteiger partial charge in [0, 0.05) is 19.5 Å². The lowest BCUT2D eigenvalue weighted by molar-refractivity contribution is -0.138. The number of hydrogen-bond acceptors (Lipinski definition) is 2. The highest BCUT2D eigenvalue weighted by Crippen LogP contribution is 2.31. The molecule has 0 amide bonds. The molecule has 0 aromatic rings. The number of nitrogens with zero attached hydrogens (tertiary/aromatic N) is 1. The molecule has 0 aromatic carbocycles. The molecule has 2 saturated heterocycles. The van der Waals surface area contributed by atoms with Crippen LogP contribution in [0, 0.1) is 11.8 Å². The molecule has 0 aliphatic carbocycles. The molecule has 2 rings (SSSR count). The first-order valence-corrected chi connectivity index (χ1v) is 4.68. The smallest absolute Gasteiger partial charge is 0.303 e. The molecule has 2 aliphatic heterocycles. The summed E-state index contributed by atoms with van der Waals surface area (Å²) in [6.45, 7) is 3.43. The molecule has 2 bridgehead atoms. The van der Waals surface area contributed by atoms with Gasteiger partial charge in [0.1, 0.15) is 0 Å². The van der Waals surface area contributed by atoms with Crippen LogP contribution in [0.4, 0.5) is 0 Å². The molecule has 0 saturated carbocycles. The second-order valence-electron chi connectivity index (χ2n) is 4.11. The van der Waals surface area contributed by atoms with Crippen molar-refractivity contribution in [2.75, 3.05) is 19.6 Å². The maximum Gasteiger partial charge on any atom is 0.303 e. The summed E-state index contributed by atoms with van der Waals surface area (Å²) in [4.78, 5) is 12.9. The summed E-state index contributed by atoms with van der Waals surface area (Å²) < 4.78 is 0. The number of hydrogen-bond donors (Lipinski definition) is 1. The van der Waals surface area contributed by atoms with E-state index in [2.05, 4.69) is 4.90 Å². The maximum absolute atomic E-state index is 10.5. The Balaban J connectivity index is 1.89. The van der Waals surface area contributed by atoms with Crippen LogP contribution < -0.4 is 0 Å². The number of rotatable bonds is 2. The van der Waals surface area contributed by atoms with Crippen LogP contribution >= 0.6 is 0 Å². The second kappa shape index (κ2) is 3.05. The Bertz CT molecular complexity index is 181. The first kappa shape index (κ1) is 8.05. The molecular weight excluding hydrogens is 154 g/mol. The van der Waals surface area contributed by atoms with Crippen molar-refractivity contribution in [2.24, 2.45) is 11.8 Å². The van der Waals surface area contributed by atoms with Gasteiger partial charge in [-0.2, -0.15) is 0 Å². The van der Waals surface area contributed by atoms with Crippen LogP contribution in [0.5, 0.6) is 0 Å². The number of piperidine rings is 1. The van der Waals surface area contributed by atoms with E-state index >= 15 is 0 Å². The van der Waals surface area contributed by atoms with Crippen LogP contribution in [0.25, 0.3) is 0 Å². The Hall–Kier alpha value is -0.570. The number of carbonyl (C=O) groups is 1. The molecule has 0 spiro atoms. The predicted molar refractivity (Wildman–Crippen MR) is 44.9 cm³/mol. The van der Waals surface area contributed by atoms with Crippen molar-refractivity contribution in [2.45, 2.75) is 19.3 Å². The Labute approximate surface area is 72.4 Å². The van der Waals surface area contributed by atoms with Gasteiger partial charge in [0.05, 0.1) is 0 Å². The van der Waals surface area contributed by atoms with E-state index in [1.807, 2.05) is 0 Å². The summed E-state index contributed by atoms with van der Waals surface area (Å²) in [5, 5.41) is 8.64. The summed E-state index contributed by atoms with van der Waals surface area (Å²) >= 11 is 0. The minimum absolute atomic E-state index is 0.368. The minimum atomic E-state index is -0.637. The molecule has 68 valence electrons. The molecule has 2 fully saturated rings. The van der Waals surface area contributed by atoms with Crippen LogP contribution in [-0.4, -0.2) is 35.6 Å². The number of carboxylic acid groups (broad SMARTS) is 1. The lowest BCUT2D eigenvalue weighted by Crippen LogP contribution is -2.34. The van der Waals surface area contributed by atoms with E-state index in [4.69, 9.17) is 5.11 Å². The third-order valence-electron chi connectivity index (χ3n) is 3.02. The monoisotopic (exact) mass is 169 g/mol. The summed E-state index contributed by atoms with van der Waals surface area (Å²) in [6, 6.07) is 0. The van der Waals surface area contributed by atoms with E-state index in [0.29, 0.717) is 12.3 Å². The highest BCUT2D eigenvalue weighted by Gasteiger charge is 2.32. The first-order valence-electron chi connectivity index (χ1n) is 4.68. The van der Waals surface area contributed by atoms with Gasteiger partial charge in [0.25, 0.3) is 0 Å². The van der Waals surface area contributed by atoms with Gasteiger partial charge in [-0.1, -0.05) is 0 Å². The molecule has 1 N–H and O–H groups in total. The van der Waals surface area contributed by atoms with E-state index in [9.17, 15) is 4.79 Å². The van der Waals surface area contributed by atoms with Gasteiger partial charge in [-0.05, 0) is 31.2 Å². The predicted octanol–water partition coefficient (Wildman–Crippen LogP) is 0.803. The van der Waals surface area contributed by atoms with E-state index < -0.39 is 5.97 Å². The standard InChI is InChI=1S/C9H15NO2/c11-9(12)4-8-3-7-1-2-10(5-7)6-8/h7-8H,1-6H2,(H,11,12). The summed E-state index contributed by atoms with van der Waals surface area (Å²) in [5.41, 5.74) is 0. The lowest BCUT2D eigenvalue weighted by atomic mass is 9.89. The quantitative estimate of drug-likeness (QED) is 0.664. The second-order valence-corrected chi connectivity index (χ2v) is 4.11. The third-order valence-corrected chi connectivity index (χ3v) is 3.02. The molecule has 2 aliphatic rings. The fourth-order valence-corrected chi connectivity index (χ4v) is 2.58. The molecule has 3 unspecified atom stereocenters. The van der Waals surface area contributed by atoms with Gasteiger partial charge < -0.3 is 10.0 Å². The number of aliphatic carboxylic acids is 1. The zero-order valence-corrected chi connectivity index (χ0v) is 7.20. The zero-order valence-electron chi connectivity index (χ0n) is 7.20. The van der Waals surface area contributed by atoms with Gasteiger partial charge >= 0.3 is 5.97 Å². The average Bonchev–Trinajstić information content (AvgIpc) is 2.29. The molecule has 3 nitrogen and oxygen atoms in total. The topological polar surface area (TPSA) is 40.5 Å². The summed E-state index contributed by atoms with van der Waals surface area (Å²) in [5.74, 6) is 0.578. The molecule has 12 heavy (non-hydrogen) atoms. The fraction of sp³-hybridized carbons (Fsp3) is 0.889. The van der Waals surface area contributed by atoms with Crippen LogP contribution in [0.15, 0.2) is 0 Å². The van der Waals surface area contributed by atoms with Crippen molar-refractivity contribution in [1.29, 1.82) is 0 Å². The van der Waals surface area contributed by atoms with E-state index in [0.717, 1.165) is 18.9 Å². The van der Waals surface area contributed by atoms with Crippen molar-refractivity contribution < 1.29 is 9.90 Å². The van der Waals surface area contributed by atoms with Crippen molar-refractivity contribution >= 4 is 5.97 Å². The van der Waals surface area contributed by atoms with Crippen molar-refractivity contribution in [3.05, 3.63) is 0 Å². The lowest BCUT2D eigenvalue weighted by Gasteiger charge is -2.28. The van der Waals surface area contributed by atoms with Crippen LogP contribution in [-0.2, 0) is 4.79 Å². The van der Waals surface area contributed by atoms with E-state index in [1.54, 1.807) is 0 Å².